The molecule has 0 fully saturated rings. The van der Waals surface area contributed by atoms with Gasteiger partial charge in [-0.2, -0.15) is 0 Å². The van der Waals surface area contributed by atoms with E-state index in [2.05, 4.69) is 6.58 Å². The zero-order chi connectivity index (χ0) is 9.42. The van der Waals surface area contributed by atoms with Gasteiger partial charge in [0.05, 0.1) is 4.88 Å². The maximum atomic E-state index is 13.6. The van der Waals surface area contributed by atoms with E-state index in [1.807, 2.05) is 25.1 Å². The van der Waals surface area contributed by atoms with Crippen LogP contribution >= 0.6 is 11.3 Å². The standard InChI is InChI=1S/C11H9FS/c1-7(2)11-10(12)8-5-3-4-6-9(8)13-11/h3-6H,1H2,2H3. The molecule has 2 heteroatoms. The maximum absolute atomic E-state index is 13.6. The number of rotatable bonds is 1. The highest BCUT2D eigenvalue weighted by Crippen LogP contribution is 2.33. The second kappa shape index (κ2) is 2.96. The van der Waals surface area contributed by atoms with Crippen molar-refractivity contribution in [2.24, 2.45) is 0 Å². The van der Waals surface area contributed by atoms with Crippen LogP contribution in [0.15, 0.2) is 30.8 Å². The molecule has 2 aromatic rings. The molecule has 2 rings (SSSR count). The maximum Gasteiger partial charge on any atom is 0.149 e. The number of thiophene rings is 1. The largest absolute Gasteiger partial charge is 0.205 e. The first-order valence-electron chi connectivity index (χ1n) is 4.03. The van der Waals surface area contributed by atoms with Gasteiger partial charge in [-0.15, -0.1) is 11.3 Å². The van der Waals surface area contributed by atoms with E-state index in [0.29, 0.717) is 10.3 Å². The van der Waals surface area contributed by atoms with Crippen molar-refractivity contribution in [1.82, 2.24) is 0 Å². The summed E-state index contributed by atoms with van der Waals surface area (Å²) < 4.78 is 14.6. The Morgan fingerprint density at radius 3 is 2.69 bits per heavy atom. The summed E-state index contributed by atoms with van der Waals surface area (Å²) in [4.78, 5) is 0.668. The second-order valence-electron chi connectivity index (χ2n) is 3.02. The molecule has 0 N–H and O–H groups in total. The quantitative estimate of drug-likeness (QED) is 0.638. The summed E-state index contributed by atoms with van der Waals surface area (Å²) in [6.45, 7) is 5.58. The van der Waals surface area contributed by atoms with Crippen LogP contribution < -0.4 is 0 Å². The topological polar surface area (TPSA) is 0 Å². The molecule has 0 unspecified atom stereocenters. The lowest BCUT2D eigenvalue weighted by Gasteiger charge is -1.91. The van der Waals surface area contributed by atoms with Crippen molar-refractivity contribution in [3.8, 4) is 0 Å². The highest BCUT2D eigenvalue weighted by Gasteiger charge is 2.10. The van der Waals surface area contributed by atoms with E-state index in [1.165, 1.54) is 11.3 Å². The highest BCUT2D eigenvalue weighted by atomic mass is 32.1. The van der Waals surface area contributed by atoms with Gasteiger partial charge in [0.25, 0.3) is 0 Å². The molecule has 0 spiro atoms. The van der Waals surface area contributed by atoms with E-state index in [1.54, 1.807) is 6.07 Å². The first kappa shape index (κ1) is 8.45. The van der Waals surface area contributed by atoms with E-state index in [-0.39, 0.29) is 5.82 Å². The van der Waals surface area contributed by atoms with E-state index in [0.717, 1.165) is 10.3 Å². The lowest BCUT2D eigenvalue weighted by Crippen LogP contribution is -1.75. The molecule has 66 valence electrons. The van der Waals surface area contributed by atoms with Gasteiger partial charge >= 0.3 is 0 Å². The van der Waals surface area contributed by atoms with Gasteiger partial charge in [-0.05, 0) is 18.6 Å². The fourth-order valence-corrected chi connectivity index (χ4v) is 2.30. The molecule has 1 heterocycles. The predicted molar refractivity (Wildman–Crippen MR) is 56.5 cm³/mol. The van der Waals surface area contributed by atoms with Crippen LogP contribution in [0.3, 0.4) is 0 Å². The molecule has 0 atom stereocenters. The molecular weight excluding hydrogens is 183 g/mol. The van der Waals surface area contributed by atoms with Crippen molar-refractivity contribution in [2.75, 3.05) is 0 Å². The number of halogens is 1. The van der Waals surface area contributed by atoms with Crippen molar-refractivity contribution < 1.29 is 4.39 Å². The Hall–Kier alpha value is -1.15. The van der Waals surface area contributed by atoms with Gasteiger partial charge in [0.2, 0.25) is 0 Å². The SMILES string of the molecule is C=C(C)c1sc2ccccc2c1F. The molecule has 0 saturated carbocycles. The van der Waals surface area contributed by atoms with Crippen molar-refractivity contribution >= 4 is 27.0 Å². The molecule has 0 radical (unpaired) electrons. The van der Waals surface area contributed by atoms with Crippen LogP contribution in [0, 0.1) is 5.82 Å². The molecule has 1 aromatic heterocycles. The van der Waals surface area contributed by atoms with E-state index >= 15 is 0 Å². The molecule has 0 bridgehead atoms. The Morgan fingerprint density at radius 1 is 1.38 bits per heavy atom. The van der Waals surface area contributed by atoms with E-state index in [9.17, 15) is 4.39 Å². The molecule has 0 amide bonds. The summed E-state index contributed by atoms with van der Waals surface area (Å²) in [5.74, 6) is -0.131. The van der Waals surface area contributed by atoms with Crippen molar-refractivity contribution in [3.63, 3.8) is 0 Å². The number of fused-ring (bicyclic) bond motifs is 1. The summed E-state index contributed by atoms with van der Waals surface area (Å²) in [6.07, 6.45) is 0. The van der Waals surface area contributed by atoms with Crippen LogP contribution in [0.4, 0.5) is 4.39 Å². The summed E-state index contributed by atoms with van der Waals surface area (Å²) >= 11 is 1.46. The molecule has 0 aliphatic rings. The minimum atomic E-state index is -0.131. The van der Waals surface area contributed by atoms with Crippen LogP contribution in [0.1, 0.15) is 11.8 Å². The first-order chi connectivity index (χ1) is 6.20. The molecule has 0 aliphatic carbocycles. The number of benzene rings is 1. The lowest BCUT2D eigenvalue weighted by atomic mass is 10.2. The average Bonchev–Trinajstić information content (AvgIpc) is 2.45. The van der Waals surface area contributed by atoms with Gasteiger partial charge < -0.3 is 0 Å². The second-order valence-corrected chi connectivity index (χ2v) is 4.07. The third kappa shape index (κ3) is 1.27. The fourth-order valence-electron chi connectivity index (χ4n) is 1.29. The minimum Gasteiger partial charge on any atom is -0.205 e. The van der Waals surface area contributed by atoms with Gasteiger partial charge in [-0.25, -0.2) is 4.39 Å². The Labute approximate surface area is 80.3 Å². The minimum absolute atomic E-state index is 0.131. The molecule has 0 nitrogen and oxygen atoms in total. The predicted octanol–water partition coefficient (Wildman–Crippen LogP) is 4.07. The first-order valence-corrected chi connectivity index (χ1v) is 4.84. The van der Waals surface area contributed by atoms with Crippen LogP contribution in [0.2, 0.25) is 0 Å². The average molecular weight is 192 g/mol. The van der Waals surface area contributed by atoms with Crippen LogP contribution in [-0.2, 0) is 0 Å². The van der Waals surface area contributed by atoms with Crippen molar-refractivity contribution in [2.45, 2.75) is 6.92 Å². The Bertz CT molecular complexity index is 468. The van der Waals surface area contributed by atoms with E-state index < -0.39 is 0 Å². The summed E-state index contributed by atoms with van der Waals surface area (Å²) in [6, 6.07) is 7.49. The normalized spacial score (nSPS) is 10.6. The fraction of sp³-hybridized carbons (Fsp3) is 0.0909. The molecule has 0 saturated heterocycles. The van der Waals surface area contributed by atoms with Crippen LogP contribution in [0.5, 0.6) is 0 Å². The Morgan fingerprint density at radius 2 is 2.08 bits per heavy atom. The zero-order valence-corrected chi connectivity index (χ0v) is 8.12. The molecular formula is C11H9FS. The van der Waals surface area contributed by atoms with E-state index in [4.69, 9.17) is 0 Å². The number of hydrogen-bond donors (Lipinski definition) is 0. The Kier molecular flexibility index (Phi) is 1.93. The van der Waals surface area contributed by atoms with Gasteiger partial charge in [0, 0.05) is 10.1 Å². The van der Waals surface area contributed by atoms with Crippen LogP contribution in [-0.4, -0.2) is 0 Å². The lowest BCUT2D eigenvalue weighted by molar-refractivity contribution is 0.641. The number of hydrogen-bond acceptors (Lipinski definition) is 1. The smallest absolute Gasteiger partial charge is 0.149 e. The van der Waals surface area contributed by atoms with Gasteiger partial charge in [0.1, 0.15) is 5.82 Å². The number of allylic oxidation sites excluding steroid dienone is 1. The van der Waals surface area contributed by atoms with Gasteiger partial charge in [-0.1, -0.05) is 24.8 Å². The summed E-state index contributed by atoms with van der Waals surface area (Å²) in [5.41, 5.74) is 0.790. The van der Waals surface area contributed by atoms with Crippen LogP contribution in [0.25, 0.3) is 15.7 Å². The van der Waals surface area contributed by atoms with Crippen molar-refractivity contribution in [3.05, 3.63) is 41.5 Å². The molecule has 1 aromatic carbocycles. The monoisotopic (exact) mass is 192 g/mol. The van der Waals surface area contributed by atoms with Gasteiger partial charge in [0.15, 0.2) is 0 Å². The summed E-state index contributed by atoms with van der Waals surface area (Å²) in [5, 5.41) is 0.700. The Balaban J connectivity index is 2.81. The summed E-state index contributed by atoms with van der Waals surface area (Å²) in [7, 11) is 0. The van der Waals surface area contributed by atoms with Crippen molar-refractivity contribution in [1.29, 1.82) is 0 Å². The molecule has 0 aliphatic heterocycles. The third-order valence-corrected chi connectivity index (χ3v) is 3.23. The third-order valence-electron chi connectivity index (χ3n) is 1.92. The highest BCUT2D eigenvalue weighted by molar-refractivity contribution is 7.20. The molecule has 13 heavy (non-hydrogen) atoms. The van der Waals surface area contributed by atoms with Gasteiger partial charge in [-0.3, -0.25) is 0 Å². The zero-order valence-electron chi connectivity index (χ0n) is 7.30.